The van der Waals surface area contributed by atoms with Crippen LogP contribution in [0.2, 0.25) is 0 Å². The van der Waals surface area contributed by atoms with Crippen molar-refractivity contribution >= 4 is 44.2 Å². The molecule has 0 fully saturated rings. The molecular formula is C19H17BrF3N5O2. The summed E-state index contributed by atoms with van der Waals surface area (Å²) in [6.45, 7) is 1.82. The van der Waals surface area contributed by atoms with Gasteiger partial charge >= 0.3 is 6.18 Å². The molecule has 1 amide bonds. The summed E-state index contributed by atoms with van der Waals surface area (Å²) in [4.78, 5) is 24.5. The first-order valence-corrected chi connectivity index (χ1v) is 9.57. The van der Waals surface area contributed by atoms with Crippen molar-refractivity contribution in [1.29, 1.82) is 0 Å². The van der Waals surface area contributed by atoms with Crippen molar-refractivity contribution in [3.05, 3.63) is 46.8 Å². The van der Waals surface area contributed by atoms with E-state index >= 15 is 0 Å². The molecule has 2 N–H and O–H groups in total. The Morgan fingerprint density at radius 1 is 1.27 bits per heavy atom. The van der Waals surface area contributed by atoms with Gasteiger partial charge in [0, 0.05) is 16.1 Å². The number of carbonyl (C=O) groups excluding carboxylic acids is 1. The first-order chi connectivity index (χ1) is 14.1. The molecule has 11 heteroatoms. The van der Waals surface area contributed by atoms with E-state index in [0.717, 1.165) is 15.4 Å². The molecule has 7 nitrogen and oxygen atoms in total. The van der Waals surface area contributed by atoms with Gasteiger partial charge in [0.05, 0.1) is 5.52 Å². The van der Waals surface area contributed by atoms with E-state index in [4.69, 9.17) is 4.74 Å². The van der Waals surface area contributed by atoms with Crippen molar-refractivity contribution < 1.29 is 22.7 Å². The highest BCUT2D eigenvalue weighted by molar-refractivity contribution is 9.10. The number of benzene rings is 1. The number of aryl methyl sites for hydroxylation is 1. The number of aromatic nitrogens is 3. The maximum Gasteiger partial charge on any atom is 0.405 e. The normalized spacial score (nSPS) is 12.5. The Morgan fingerprint density at radius 2 is 2.03 bits per heavy atom. The Hall–Kier alpha value is -2.95. The van der Waals surface area contributed by atoms with Crippen molar-refractivity contribution in [3.8, 4) is 5.88 Å². The minimum atomic E-state index is -4.51. The molecule has 3 rings (SSSR count). The van der Waals surface area contributed by atoms with Crippen molar-refractivity contribution in [2.24, 2.45) is 0 Å². The molecule has 0 saturated carbocycles. The first kappa shape index (κ1) is 21.8. The molecule has 0 aliphatic heterocycles. The lowest BCUT2D eigenvalue weighted by atomic mass is 10.1. The van der Waals surface area contributed by atoms with Crippen LogP contribution in [0.5, 0.6) is 5.88 Å². The third-order valence-corrected chi connectivity index (χ3v) is 4.50. The minimum absolute atomic E-state index is 0.0497. The summed E-state index contributed by atoms with van der Waals surface area (Å²) in [6.07, 6.45) is -2.85. The lowest BCUT2D eigenvalue weighted by Crippen LogP contribution is -2.41. The predicted octanol–water partition coefficient (Wildman–Crippen LogP) is 4.29. The zero-order valence-corrected chi connectivity index (χ0v) is 17.5. The number of alkyl halides is 3. The summed E-state index contributed by atoms with van der Waals surface area (Å²) in [7, 11) is 0. The number of hydrogen-bond acceptors (Lipinski definition) is 6. The summed E-state index contributed by atoms with van der Waals surface area (Å²) < 4.78 is 43.3. The SMILES string of the molecule is Cc1cc(Br)cc2ncnc(Nc3cccnc3OC(C)C(=O)NCC(F)(F)F)c12. The molecule has 1 aromatic carbocycles. The average molecular weight is 484 g/mol. The lowest BCUT2D eigenvalue weighted by Gasteiger charge is -2.18. The zero-order chi connectivity index (χ0) is 21.9. The van der Waals surface area contributed by atoms with Gasteiger partial charge in [0.1, 0.15) is 24.4 Å². The van der Waals surface area contributed by atoms with Gasteiger partial charge in [0.2, 0.25) is 5.88 Å². The maximum absolute atomic E-state index is 12.3. The molecule has 3 aromatic rings. The molecule has 0 aliphatic carbocycles. The van der Waals surface area contributed by atoms with Crippen LogP contribution in [0.15, 0.2) is 41.3 Å². The monoisotopic (exact) mass is 483 g/mol. The number of anilines is 2. The second-order valence-corrected chi connectivity index (χ2v) is 7.33. The van der Waals surface area contributed by atoms with Gasteiger partial charge in [-0.1, -0.05) is 15.9 Å². The van der Waals surface area contributed by atoms with E-state index in [2.05, 4.69) is 36.2 Å². The summed E-state index contributed by atoms with van der Waals surface area (Å²) in [5.74, 6) is -0.358. The maximum atomic E-state index is 12.3. The van der Waals surface area contributed by atoms with E-state index in [0.29, 0.717) is 17.0 Å². The lowest BCUT2D eigenvalue weighted by molar-refractivity contribution is -0.142. The minimum Gasteiger partial charge on any atom is -0.463 e. The fraction of sp³-hybridized carbons (Fsp3) is 0.263. The predicted molar refractivity (Wildman–Crippen MR) is 109 cm³/mol. The molecule has 0 radical (unpaired) electrons. The molecule has 30 heavy (non-hydrogen) atoms. The number of ether oxygens (including phenoxy) is 1. The molecule has 158 valence electrons. The highest BCUT2D eigenvalue weighted by Crippen LogP contribution is 2.31. The Morgan fingerprint density at radius 3 is 2.77 bits per heavy atom. The molecular weight excluding hydrogens is 467 g/mol. The Balaban J connectivity index is 1.83. The van der Waals surface area contributed by atoms with Crippen LogP contribution < -0.4 is 15.4 Å². The van der Waals surface area contributed by atoms with E-state index in [1.807, 2.05) is 19.1 Å². The second-order valence-electron chi connectivity index (χ2n) is 6.41. The standard InChI is InChI=1S/C19H17BrF3N5O2/c1-10-6-12(20)7-14-15(10)16(27-9-26-14)28-13-4-3-5-24-18(13)30-11(2)17(29)25-8-19(21,22)23/h3-7,9,11H,8H2,1-2H3,(H,25,29)(H,26,27,28). The summed E-state index contributed by atoms with van der Waals surface area (Å²) >= 11 is 3.43. The van der Waals surface area contributed by atoms with Crippen LogP contribution in [0.25, 0.3) is 10.9 Å². The van der Waals surface area contributed by atoms with Crippen molar-refractivity contribution in [2.45, 2.75) is 26.1 Å². The number of hydrogen-bond donors (Lipinski definition) is 2. The molecule has 2 aromatic heterocycles. The Labute approximate surface area is 178 Å². The first-order valence-electron chi connectivity index (χ1n) is 8.78. The van der Waals surface area contributed by atoms with E-state index in [1.165, 1.54) is 19.4 Å². The van der Waals surface area contributed by atoms with E-state index in [1.54, 1.807) is 17.4 Å². The number of halogens is 4. The van der Waals surface area contributed by atoms with Crippen LogP contribution in [0.1, 0.15) is 12.5 Å². The van der Waals surface area contributed by atoms with Crippen LogP contribution >= 0.6 is 15.9 Å². The number of fused-ring (bicyclic) bond motifs is 1. The van der Waals surface area contributed by atoms with Crippen LogP contribution in [0.4, 0.5) is 24.7 Å². The third kappa shape index (κ3) is 5.35. The fourth-order valence-corrected chi connectivity index (χ4v) is 3.26. The van der Waals surface area contributed by atoms with Crippen LogP contribution in [-0.4, -0.2) is 39.7 Å². The van der Waals surface area contributed by atoms with E-state index in [-0.39, 0.29) is 5.88 Å². The van der Waals surface area contributed by atoms with Gasteiger partial charge in [-0.25, -0.2) is 15.0 Å². The number of nitrogens with zero attached hydrogens (tertiary/aromatic N) is 3. The third-order valence-electron chi connectivity index (χ3n) is 4.04. The van der Waals surface area contributed by atoms with Crippen LogP contribution in [-0.2, 0) is 4.79 Å². The summed E-state index contributed by atoms with van der Waals surface area (Å²) in [5.41, 5.74) is 2.04. The molecule has 0 bridgehead atoms. The van der Waals surface area contributed by atoms with E-state index < -0.39 is 24.7 Å². The van der Waals surface area contributed by atoms with Gasteiger partial charge in [-0.3, -0.25) is 4.79 Å². The Bertz CT molecular complexity index is 1080. The van der Waals surface area contributed by atoms with Crippen LogP contribution in [0, 0.1) is 6.92 Å². The van der Waals surface area contributed by atoms with Crippen molar-refractivity contribution in [3.63, 3.8) is 0 Å². The molecule has 0 saturated heterocycles. The van der Waals surface area contributed by atoms with Gasteiger partial charge in [-0.2, -0.15) is 13.2 Å². The fourth-order valence-electron chi connectivity index (χ4n) is 2.70. The summed E-state index contributed by atoms with van der Waals surface area (Å²) in [5, 5.41) is 5.68. The number of pyridine rings is 1. The number of nitrogens with one attached hydrogen (secondary N) is 2. The topological polar surface area (TPSA) is 89.0 Å². The quantitative estimate of drug-likeness (QED) is 0.543. The second kappa shape index (κ2) is 8.82. The Kier molecular flexibility index (Phi) is 6.40. The van der Waals surface area contributed by atoms with Crippen molar-refractivity contribution in [1.82, 2.24) is 20.3 Å². The van der Waals surface area contributed by atoms with Crippen molar-refractivity contribution in [2.75, 3.05) is 11.9 Å². The number of carbonyl (C=O) groups is 1. The highest BCUT2D eigenvalue weighted by Gasteiger charge is 2.29. The average Bonchev–Trinajstić information content (AvgIpc) is 2.66. The molecule has 2 heterocycles. The molecule has 0 aliphatic rings. The van der Waals surface area contributed by atoms with Gasteiger partial charge in [0.25, 0.3) is 5.91 Å². The zero-order valence-electron chi connectivity index (χ0n) is 15.9. The van der Waals surface area contributed by atoms with Crippen LogP contribution in [0.3, 0.4) is 0 Å². The highest BCUT2D eigenvalue weighted by atomic mass is 79.9. The number of amides is 1. The van der Waals surface area contributed by atoms with E-state index in [9.17, 15) is 18.0 Å². The number of rotatable bonds is 6. The molecule has 1 atom stereocenters. The van der Waals surface area contributed by atoms with Gasteiger partial charge in [0.15, 0.2) is 6.10 Å². The van der Waals surface area contributed by atoms with Gasteiger partial charge < -0.3 is 15.4 Å². The van der Waals surface area contributed by atoms with Gasteiger partial charge in [-0.05, 0) is 43.7 Å². The molecule has 0 spiro atoms. The largest absolute Gasteiger partial charge is 0.463 e. The smallest absolute Gasteiger partial charge is 0.405 e. The van der Waals surface area contributed by atoms with Gasteiger partial charge in [-0.15, -0.1) is 0 Å². The summed E-state index contributed by atoms with van der Waals surface area (Å²) in [6, 6.07) is 7.08. The molecule has 1 unspecified atom stereocenters.